The van der Waals surface area contributed by atoms with Crippen LogP contribution < -0.4 is 15.0 Å². The second kappa shape index (κ2) is 11.3. The minimum Gasteiger partial charge on any atom is -0.494 e. The van der Waals surface area contributed by atoms with Gasteiger partial charge in [0.2, 0.25) is 0 Å². The third-order valence-corrected chi connectivity index (χ3v) is 7.15. The van der Waals surface area contributed by atoms with Gasteiger partial charge in [0.05, 0.1) is 22.4 Å². The fourth-order valence-corrected chi connectivity index (χ4v) is 5.19. The molecule has 0 atom stereocenters. The first-order valence-electron chi connectivity index (χ1n) is 10.2. The lowest BCUT2D eigenvalue weighted by Crippen LogP contribution is -2.48. The summed E-state index contributed by atoms with van der Waals surface area (Å²) in [5.74, 6) is 0.900. The summed E-state index contributed by atoms with van der Waals surface area (Å²) in [5, 5.41) is 4.12. The second-order valence-electron chi connectivity index (χ2n) is 7.12. The van der Waals surface area contributed by atoms with Crippen molar-refractivity contribution in [1.82, 2.24) is 15.2 Å². The normalized spacial score (nSPS) is 14.3. The summed E-state index contributed by atoms with van der Waals surface area (Å²) in [7, 11) is 0. The van der Waals surface area contributed by atoms with E-state index in [2.05, 4.69) is 43.8 Å². The van der Waals surface area contributed by atoms with E-state index in [9.17, 15) is 4.79 Å². The van der Waals surface area contributed by atoms with Gasteiger partial charge in [0, 0.05) is 42.8 Å². The van der Waals surface area contributed by atoms with Crippen LogP contribution in [0.2, 0.25) is 0 Å². The Morgan fingerprint density at radius 2 is 1.97 bits per heavy atom. The molecule has 1 aromatic heterocycles. The Morgan fingerprint density at radius 1 is 1.19 bits per heavy atom. The lowest BCUT2D eigenvalue weighted by Gasteiger charge is -2.34. The molecule has 1 aliphatic rings. The number of benzene rings is 2. The minimum absolute atomic E-state index is 0. The summed E-state index contributed by atoms with van der Waals surface area (Å²) in [6.45, 7) is 8.02. The van der Waals surface area contributed by atoms with Gasteiger partial charge in [-0.2, -0.15) is 0 Å². The van der Waals surface area contributed by atoms with E-state index in [4.69, 9.17) is 9.72 Å². The molecule has 2 aromatic carbocycles. The number of carbonyl (C=O) groups excluding carboxylic acids is 1. The van der Waals surface area contributed by atoms with Gasteiger partial charge in [0.15, 0.2) is 5.13 Å². The average molecular weight is 573 g/mol. The molecule has 1 fully saturated rings. The minimum atomic E-state index is -0.000432. The van der Waals surface area contributed by atoms with Crippen molar-refractivity contribution < 1.29 is 9.53 Å². The van der Waals surface area contributed by atoms with Crippen LogP contribution in [0.1, 0.15) is 17.3 Å². The van der Waals surface area contributed by atoms with Gasteiger partial charge in [0.1, 0.15) is 5.75 Å². The van der Waals surface area contributed by atoms with E-state index in [1.54, 1.807) is 11.3 Å². The lowest BCUT2D eigenvalue weighted by atomic mass is 10.2. The molecule has 0 aliphatic carbocycles. The number of aromatic nitrogens is 1. The summed E-state index contributed by atoms with van der Waals surface area (Å²) >= 11 is 3.92. The smallest absolute Gasteiger partial charge is 0.252 e. The van der Waals surface area contributed by atoms with Crippen molar-refractivity contribution >= 4 is 67.6 Å². The number of piperazine rings is 1. The van der Waals surface area contributed by atoms with Crippen LogP contribution in [0.4, 0.5) is 5.13 Å². The van der Waals surface area contributed by atoms with Crippen LogP contribution in [-0.2, 0) is 0 Å². The lowest BCUT2D eigenvalue weighted by molar-refractivity contribution is 0.0947. The number of thiazole rings is 1. The molecule has 0 spiro atoms. The molecule has 0 unspecified atom stereocenters. The molecule has 1 saturated heterocycles. The average Bonchev–Trinajstić information content (AvgIpc) is 3.18. The molecule has 1 aliphatic heterocycles. The van der Waals surface area contributed by atoms with Crippen molar-refractivity contribution in [2.45, 2.75) is 6.92 Å². The van der Waals surface area contributed by atoms with Crippen LogP contribution in [0.25, 0.3) is 10.2 Å². The van der Waals surface area contributed by atoms with Crippen molar-refractivity contribution in [1.29, 1.82) is 0 Å². The Bertz CT molecular complexity index is 1020. The number of amides is 1. The highest BCUT2D eigenvalue weighted by Gasteiger charge is 2.20. The first kappa shape index (κ1) is 24.0. The van der Waals surface area contributed by atoms with Gasteiger partial charge >= 0.3 is 0 Å². The summed E-state index contributed by atoms with van der Waals surface area (Å²) in [6, 6.07) is 13.8. The van der Waals surface area contributed by atoms with Crippen LogP contribution in [0, 0.1) is 3.57 Å². The maximum atomic E-state index is 12.3. The topological polar surface area (TPSA) is 57.7 Å². The SMILES string of the molecule is CCOc1ccc2nc(N3CCN(CCNC(=O)c4ccccc4I)CC3)sc2c1.Cl. The number of nitrogens with one attached hydrogen (secondary N) is 1. The number of fused-ring (bicyclic) bond motifs is 1. The third kappa shape index (κ3) is 6.00. The van der Waals surface area contributed by atoms with Gasteiger partial charge in [0.25, 0.3) is 5.91 Å². The van der Waals surface area contributed by atoms with Crippen molar-refractivity contribution in [3.8, 4) is 5.75 Å². The highest BCUT2D eigenvalue weighted by Crippen LogP contribution is 2.31. The highest BCUT2D eigenvalue weighted by molar-refractivity contribution is 14.1. The molecule has 31 heavy (non-hydrogen) atoms. The summed E-state index contributed by atoms with van der Waals surface area (Å²) in [4.78, 5) is 21.9. The molecule has 0 radical (unpaired) electrons. The maximum absolute atomic E-state index is 12.3. The molecule has 3 aromatic rings. The van der Waals surface area contributed by atoms with E-state index in [0.29, 0.717) is 13.2 Å². The van der Waals surface area contributed by atoms with E-state index in [1.807, 2.05) is 43.3 Å². The molecular weight excluding hydrogens is 547 g/mol. The van der Waals surface area contributed by atoms with E-state index in [1.165, 1.54) is 0 Å². The number of hydrogen-bond acceptors (Lipinski definition) is 6. The number of hydrogen-bond donors (Lipinski definition) is 1. The largest absolute Gasteiger partial charge is 0.494 e. The van der Waals surface area contributed by atoms with Gasteiger partial charge in [-0.3, -0.25) is 9.69 Å². The standard InChI is InChI=1S/C22H25IN4O2S.ClH/c1-2-29-16-7-8-19-20(15-16)30-22(25-19)27-13-11-26(12-14-27)10-9-24-21(28)17-5-3-4-6-18(17)23;/h3-8,15H,2,9-14H2,1H3,(H,24,28);1H. The first-order valence-corrected chi connectivity index (χ1v) is 12.1. The number of carbonyl (C=O) groups is 1. The first-order chi connectivity index (χ1) is 14.6. The Balaban J connectivity index is 0.00000272. The van der Waals surface area contributed by atoms with E-state index < -0.39 is 0 Å². The monoisotopic (exact) mass is 572 g/mol. The maximum Gasteiger partial charge on any atom is 0.252 e. The van der Waals surface area contributed by atoms with Crippen molar-refractivity contribution in [3.05, 3.63) is 51.6 Å². The van der Waals surface area contributed by atoms with Crippen LogP contribution in [0.5, 0.6) is 5.75 Å². The predicted molar refractivity (Wildman–Crippen MR) is 138 cm³/mol. The molecule has 1 amide bonds. The van der Waals surface area contributed by atoms with Gasteiger partial charge in [-0.25, -0.2) is 4.98 Å². The van der Waals surface area contributed by atoms with Crippen molar-refractivity contribution in [2.75, 3.05) is 50.8 Å². The Hall–Kier alpha value is -1.62. The number of rotatable bonds is 7. The van der Waals surface area contributed by atoms with Crippen LogP contribution >= 0.6 is 46.3 Å². The summed E-state index contributed by atoms with van der Waals surface area (Å²) < 4.78 is 7.74. The van der Waals surface area contributed by atoms with Gasteiger partial charge < -0.3 is 15.0 Å². The molecule has 9 heteroatoms. The summed E-state index contributed by atoms with van der Waals surface area (Å²) in [6.07, 6.45) is 0. The molecule has 0 bridgehead atoms. The zero-order valence-corrected chi connectivity index (χ0v) is 21.1. The molecule has 4 rings (SSSR count). The number of anilines is 1. The number of ether oxygens (including phenoxy) is 1. The zero-order chi connectivity index (χ0) is 20.9. The molecule has 1 N–H and O–H groups in total. The van der Waals surface area contributed by atoms with Gasteiger partial charge in [-0.1, -0.05) is 23.5 Å². The predicted octanol–water partition coefficient (Wildman–Crippen LogP) is 4.27. The van der Waals surface area contributed by atoms with Gasteiger partial charge in [-0.05, 0) is 59.8 Å². The van der Waals surface area contributed by atoms with E-state index >= 15 is 0 Å². The molecule has 166 valence electrons. The molecule has 2 heterocycles. The van der Waals surface area contributed by atoms with Crippen molar-refractivity contribution in [2.24, 2.45) is 0 Å². The molecular formula is C22H26ClIN4O2S. The Labute approximate surface area is 206 Å². The number of halogens is 2. The quantitative estimate of drug-likeness (QED) is 0.429. The highest BCUT2D eigenvalue weighted by atomic mass is 127. The van der Waals surface area contributed by atoms with Crippen molar-refractivity contribution in [3.63, 3.8) is 0 Å². The third-order valence-electron chi connectivity index (χ3n) is 5.13. The Kier molecular flexibility index (Phi) is 8.76. The summed E-state index contributed by atoms with van der Waals surface area (Å²) in [5.41, 5.74) is 1.77. The zero-order valence-electron chi connectivity index (χ0n) is 17.3. The Morgan fingerprint density at radius 3 is 2.71 bits per heavy atom. The second-order valence-corrected chi connectivity index (χ2v) is 9.29. The fraction of sp³-hybridized carbons (Fsp3) is 0.364. The van der Waals surface area contributed by atoms with Crippen LogP contribution in [0.3, 0.4) is 0 Å². The number of nitrogens with zero attached hydrogens (tertiary/aromatic N) is 3. The van der Waals surface area contributed by atoms with Crippen LogP contribution in [-0.4, -0.2) is 61.7 Å². The van der Waals surface area contributed by atoms with E-state index in [-0.39, 0.29) is 18.3 Å². The van der Waals surface area contributed by atoms with E-state index in [0.717, 1.165) is 63.0 Å². The van der Waals surface area contributed by atoms with Gasteiger partial charge in [-0.15, -0.1) is 12.4 Å². The fourth-order valence-electron chi connectivity index (χ4n) is 3.52. The molecule has 6 nitrogen and oxygen atoms in total. The van der Waals surface area contributed by atoms with Crippen LogP contribution in [0.15, 0.2) is 42.5 Å². The molecule has 0 saturated carbocycles.